The molecule has 9 nitrogen and oxygen atoms in total. The molecule has 1 saturated heterocycles. The molecule has 9 heteroatoms. The first-order valence-electron chi connectivity index (χ1n) is 9.02. The monoisotopic (exact) mass is 353 g/mol. The zero-order valence-electron chi connectivity index (χ0n) is 15.3. The number of likely N-dealkylation sites (N-methyl/N-ethyl adjacent to an activating group) is 1. The molecule has 25 heavy (non-hydrogen) atoms. The zero-order valence-corrected chi connectivity index (χ0v) is 15.3. The van der Waals surface area contributed by atoms with Gasteiger partial charge >= 0.3 is 0 Å². The molecule has 1 fully saturated rings. The highest BCUT2D eigenvalue weighted by atomic mass is 16.2. The maximum Gasteiger partial charge on any atom is 0.236 e. The molecule has 0 bridgehead atoms. The predicted molar refractivity (Wildman–Crippen MR) is 102 cm³/mol. The number of amides is 1. The lowest BCUT2D eigenvalue weighted by molar-refractivity contribution is -0.122. The van der Waals surface area contributed by atoms with Crippen LogP contribution in [0.2, 0.25) is 0 Å². The Labute approximate surface area is 150 Å². The molecule has 1 aliphatic heterocycles. The van der Waals surface area contributed by atoms with Gasteiger partial charge in [0.15, 0.2) is 5.96 Å². The van der Waals surface area contributed by atoms with Gasteiger partial charge < -0.3 is 37.7 Å². The summed E-state index contributed by atoms with van der Waals surface area (Å²) in [5.74, 6) is 0.313. The molecule has 0 radical (unpaired) electrons. The summed E-state index contributed by atoms with van der Waals surface area (Å²) in [6.45, 7) is 3.78. The van der Waals surface area contributed by atoms with Crippen LogP contribution in [0.3, 0.4) is 0 Å². The van der Waals surface area contributed by atoms with E-state index in [4.69, 9.17) is 17.2 Å². The standard InChI is InChI=1S/C16H33N8O/c1-23-11-12-24(16(23)20)10-5-3-2-4-8-21-14(25)13(17)7-6-9-22-15(18)19/h13H,2-12,17H2,1H3,(H,21,25)(H4,18,19,22)/q-1. The number of nitrogens with zero attached hydrogens (tertiary/aromatic N) is 4. The fourth-order valence-corrected chi connectivity index (χ4v) is 2.70. The number of aliphatic imine (C=N–C) groups is 1. The van der Waals surface area contributed by atoms with Crippen LogP contribution in [-0.4, -0.2) is 73.4 Å². The molecule has 0 aromatic rings. The number of carbonyl (C=O) groups excluding carboxylic acids is 1. The van der Waals surface area contributed by atoms with Crippen LogP contribution in [0.15, 0.2) is 4.99 Å². The van der Waals surface area contributed by atoms with Crippen molar-refractivity contribution >= 4 is 17.8 Å². The number of guanidine groups is 2. The van der Waals surface area contributed by atoms with Crippen molar-refractivity contribution in [2.45, 2.75) is 44.6 Å². The zero-order chi connectivity index (χ0) is 18.7. The predicted octanol–water partition coefficient (Wildman–Crippen LogP) is -0.783. The molecule has 1 unspecified atom stereocenters. The first-order chi connectivity index (χ1) is 11.9. The van der Waals surface area contributed by atoms with E-state index in [-0.39, 0.29) is 11.9 Å². The lowest BCUT2D eigenvalue weighted by Crippen LogP contribution is -2.41. The highest BCUT2D eigenvalue weighted by Gasteiger charge is 2.13. The summed E-state index contributed by atoms with van der Waals surface area (Å²) in [5.41, 5.74) is 16.3. The van der Waals surface area contributed by atoms with E-state index >= 15 is 0 Å². The smallest absolute Gasteiger partial charge is 0.236 e. The van der Waals surface area contributed by atoms with Crippen molar-refractivity contribution in [3.63, 3.8) is 0 Å². The second-order valence-corrected chi connectivity index (χ2v) is 6.47. The molecule has 0 spiro atoms. The Balaban J connectivity index is 1.97. The van der Waals surface area contributed by atoms with Crippen LogP contribution in [0.1, 0.15) is 38.5 Å². The average Bonchev–Trinajstić information content (AvgIpc) is 2.89. The van der Waals surface area contributed by atoms with Gasteiger partial charge in [-0.1, -0.05) is 12.8 Å². The Morgan fingerprint density at radius 1 is 1.24 bits per heavy atom. The fraction of sp³-hybridized carbons (Fsp3) is 0.812. The number of rotatable bonds is 12. The highest BCUT2D eigenvalue weighted by Crippen LogP contribution is 2.08. The molecule has 0 aromatic carbocycles. The summed E-state index contributed by atoms with van der Waals surface area (Å²) in [5, 5.41) is 12.7. The SMILES string of the molecule is CN1CCN(CCCCCCNC(=O)C(N)CCCN=C(N)N)C1=[N-]. The van der Waals surface area contributed by atoms with Gasteiger partial charge in [-0.2, -0.15) is 0 Å². The summed E-state index contributed by atoms with van der Waals surface area (Å²) in [7, 11) is 1.89. The Hall–Kier alpha value is -2.03. The minimum Gasteiger partial charge on any atom is -0.429 e. The van der Waals surface area contributed by atoms with Crippen LogP contribution in [0.4, 0.5) is 0 Å². The third-order valence-corrected chi connectivity index (χ3v) is 4.29. The van der Waals surface area contributed by atoms with E-state index in [1.165, 1.54) is 0 Å². The maximum absolute atomic E-state index is 11.8. The third kappa shape index (κ3) is 8.57. The second-order valence-electron chi connectivity index (χ2n) is 6.47. The number of hydrogen-bond acceptors (Lipinski definition) is 3. The summed E-state index contributed by atoms with van der Waals surface area (Å²) >= 11 is 0. The van der Waals surface area contributed by atoms with Gasteiger partial charge in [-0.25, -0.2) is 0 Å². The van der Waals surface area contributed by atoms with E-state index in [2.05, 4.69) is 10.3 Å². The second kappa shape index (κ2) is 11.5. The Kier molecular flexibility index (Phi) is 9.68. The quantitative estimate of drug-likeness (QED) is 0.205. The lowest BCUT2D eigenvalue weighted by atomic mass is 10.1. The van der Waals surface area contributed by atoms with Gasteiger partial charge in [0.25, 0.3) is 0 Å². The minimum absolute atomic E-state index is 0.0582. The van der Waals surface area contributed by atoms with Crippen molar-refractivity contribution in [3.05, 3.63) is 5.41 Å². The summed E-state index contributed by atoms with van der Waals surface area (Å²) in [6.07, 6.45) is 5.34. The molecule has 1 atom stereocenters. The molecule has 1 rings (SSSR count). The fourth-order valence-electron chi connectivity index (χ4n) is 2.70. The molecule has 0 aliphatic carbocycles. The van der Waals surface area contributed by atoms with Gasteiger partial charge in [0, 0.05) is 19.0 Å². The highest BCUT2D eigenvalue weighted by molar-refractivity contribution is 5.84. The number of hydrogen-bond donors (Lipinski definition) is 4. The molecule has 0 saturated carbocycles. The summed E-state index contributed by atoms with van der Waals surface area (Å²) in [6, 6.07) is -0.514. The summed E-state index contributed by atoms with van der Waals surface area (Å²) in [4.78, 5) is 19.6. The van der Waals surface area contributed by atoms with Crippen molar-refractivity contribution in [3.8, 4) is 0 Å². The van der Waals surface area contributed by atoms with Crippen molar-refractivity contribution in [1.82, 2.24) is 15.1 Å². The van der Waals surface area contributed by atoms with Crippen LogP contribution >= 0.6 is 0 Å². The minimum atomic E-state index is -0.514. The number of unbranched alkanes of at least 4 members (excludes halogenated alkanes) is 3. The van der Waals surface area contributed by atoms with Gasteiger partial charge in [0.2, 0.25) is 5.91 Å². The van der Waals surface area contributed by atoms with Crippen LogP contribution < -0.4 is 22.5 Å². The van der Waals surface area contributed by atoms with E-state index in [0.717, 1.165) is 45.3 Å². The normalized spacial score (nSPS) is 15.4. The number of nitrogens with two attached hydrogens (primary N) is 3. The molecular formula is C16H33N8O-. The van der Waals surface area contributed by atoms with Crippen molar-refractivity contribution in [2.24, 2.45) is 22.2 Å². The van der Waals surface area contributed by atoms with E-state index in [9.17, 15) is 10.2 Å². The lowest BCUT2D eigenvalue weighted by Gasteiger charge is -2.27. The van der Waals surface area contributed by atoms with Gasteiger partial charge in [0.05, 0.1) is 6.04 Å². The maximum atomic E-state index is 11.8. The van der Waals surface area contributed by atoms with Crippen LogP contribution in [0.5, 0.6) is 0 Å². The van der Waals surface area contributed by atoms with Crippen molar-refractivity contribution < 1.29 is 4.79 Å². The molecule has 144 valence electrons. The number of carbonyl (C=O) groups is 1. The van der Waals surface area contributed by atoms with Crippen molar-refractivity contribution in [1.29, 1.82) is 0 Å². The first kappa shape index (κ1) is 21.0. The van der Waals surface area contributed by atoms with Gasteiger partial charge in [-0.3, -0.25) is 9.79 Å². The first-order valence-corrected chi connectivity index (χ1v) is 9.02. The van der Waals surface area contributed by atoms with Crippen LogP contribution in [0.25, 0.3) is 5.41 Å². The van der Waals surface area contributed by atoms with Crippen LogP contribution in [0, 0.1) is 0 Å². The van der Waals surface area contributed by atoms with Crippen LogP contribution in [-0.2, 0) is 4.79 Å². The Bertz CT molecular complexity index is 449. The number of nitrogens with one attached hydrogen (secondary N) is 1. The van der Waals surface area contributed by atoms with Gasteiger partial charge in [-0.15, -0.1) is 0 Å². The molecule has 7 N–H and O–H groups in total. The van der Waals surface area contributed by atoms with E-state index < -0.39 is 6.04 Å². The van der Waals surface area contributed by atoms with E-state index in [1.54, 1.807) is 0 Å². The molecular weight excluding hydrogens is 320 g/mol. The Morgan fingerprint density at radius 3 is 2.60 bits per heavy atom. The van der Waals surface area contributed by atoms with Crippen molar-refractivity contribution in [2.75, 3.05) is 39.8 Å². The topological polar surface area (TPSA) is 148 Å². The summed E-state index contributed by atoms with van der Waals surface area (Å²) < 4.78 is 0. The van der Waals surface area contributed by atoms with Gasteiger partial charge in [0.1, 0.15) is 0 Å². The Morgan fingerprint density at radius 2 is 1.96 bits per heavy atom. The van der Waals surface area contributed by atoms with Gasteiger partial charge in [-0.05, 0) is 52.4 Å². The largest absolute Gasteiger partial charge is 0.429 e. The molecule has 1 heterocycles. The third-order valence-electron chi connectivity index (χ3n) is 4.29. The van der Waals surface area contributed by atoms with E-state index in [1.807, 2.05) is 16.8 Å². The molecule has 0 aromatic heterocycles. The average molecular weight is 353 g/mol. The molecule has 1 amide bonds. The van der Waals surface area contributed by atoms with E-state index in [0.29, 0.717) is 31.9 Å². The molecule has 1 aliphatic rings.